The van der Waals surface area contributed by atoms with Crippen LogP contribution >= 0.6 is 39.7 Å². The minimum Gasteiger partial charge on any atom is -0.483 e. The fourth-order valence-corrected chi connectivity index (χ4v) is 2.08. The molecule has 2 amide bonds. The van der Waals surface area contributed by atoms with Crippen LogP contribution in [0.3, 0.4) is 0 Å². The number of hydrogen-bond acceptors (Lipinski definition) is 4. The Morgan fingerprint density at radius 2 is 2.10 bits per heavy atom. The molecule has 0 spiro atoms. The molecule has 0 atom stereocenters. The van der Waals surface area contributed by atoms with Crippen LogP contribution in [0.1, 0.15) is 6.92 Å². The van der Waals surface area contributed by atoms with Crippen LogP contribution in [0.5, 0.6) is 5.75 Å². The number of carbonyl (C=O) groups is 2. The molecule has 0 aromatic heterocycles. The monoisotopic (exact) mass is 379 g/mol. The van der Waals surface area contributed by atoms with E-state index in [9.17, 15) is 9.59 Å². The molecule has 9 heteroatoms. The summed E-state index contributed by atoms with van der Waals surface area (Å²) >= 11 is 13.8. The maximum absolute atomic E-state index is 11.5. The highest BCUT2D eigenvalue weighted by Crippen LogP contribution is 2.27. The van der Waals surface area contributed by atoms with Crippen molar-refractivity contribution in [2.24, 2.45) is 0 Å². The van der Waals surface area contributed by atoms with Gasteiger partial charge in [-0.3, -0.25) is 20.4 Å². The Bertz CT molecular complexity index is 542. The normalized spacial score (nSPS) is 9.55. The smallest absolute Gasteiger partial charge is 0.276 e. The largest absolute Gasteiger partial charge is 0.483 e. The first-order valence-electron chi connectivity index (χ1n) is 5.32. The molecule has 0 saturated heterocycles. The van der Waals surface area contributed by atoms with E-state index in [1.165, 1.54) is 6.92 Å². The first-order valence-corrected chi connectivity index (χ1v) is 6.90. The molecule has 0 aliphatic rings. The number of thiocarbonyl (C=S) groups is 1. The van der Waals surface area contributed by atoms with Gasteiger partial charge in [0.25, 0.3) is 5.91 Å². The quantitative estimate of drug-likeness (QED) is 0.547. The van der Waals surface area contributed by atoms with Crippen molar-refractivity contribution in [2.45, 2.75) is 6.92 Å². The minimum absolute atomic E-state index is 0.00137. The van der Waals surface area contributed by atoms with Crippen molar-refractivity contribution in [1.82, 2.24) is 16.2 Å². The lowest BCUT2D eigenvalue weighted by Gasteiger charge is -2.11. The molecule has 0 heterocycles. The molecule has 1 aromatic rings. The highest BCUT2D eigenvalue weighted by Gasteiger charge is 2.06. The van der Waals surface area contributed by atoms with Gasteiger partial charge in [-0.15, -0.1) is 0 Å². The third kappa shape index (κ3) is 6.18. The fraction of sp³-hybridized carbons (Fsp3) is 0.182. The SMILES string of the molecule is CC(=O)NC(=S)NNC(=O)COc1ccc(Cl)cc1Br. The second kappa shape index (κ2) is 8.03. The molecule has 20 heavy (non-hydrogen) atoms. The molecule has 0 aliphatic carbocycles. The number of halogens is 2. The Hall–Kier alpha value is -1.38. The molecule has 6 nitrogen and oxygen atoms in total. The number of benzene rings is 1. The Morgan fingerprint density at radius 3 is 2.70 bits per heavy atom. The van der Waals surface area contributed by atoms with Crippen LogP contribution in [0.25, 0.3) is 0 Å². The van der Waals surface area contributed by atoms with Gasteiger partial charge in [-0.1, -0.05) is 11.6 Å². The summed E-state index contributed by atoms with van der Waals surface area (Å²) in [5, 5.41) is 2.84. The van der Waals surface area contributed by atoms with Gasteiger partial charge in [0, 0.05) is 11.9 Å². The van der Waals surface area contributed by atoms with Crippen molar-refractivity contribution in [1.29, 1.82) is 0 Å². The second-order valence-corrected chi connectivity index (χ2v) is 5.25. The summed E-state index contributed by atoms with van der Waals surface area (Å²) in [7, 11) is 0. The number of amides is 2. The van der Waals surface area contributed by atoms with E-state index in [1.807, 2.05) is 0 Å². The van der Waals surface area contributed by atoms with Crippen molar-refractivity contribution in [3.8, 4) is 5.75 Å². The van der Waals surface area contributed by atoms with Gasteiger partial charge in [0.1, 0.15) is 5.75 Å². The van der Waals surface area contributed by atoms with E-state index in [-0.39, 0.29) is 17.6 Å². The molecular formula is C11H11BrClN3O3S. The molecule has 3 N–H and O–H groups in total. The van der Waals surface area contributed by atoms with Gasteiger partial charge in [-0.05, 0) is 46.3 Å². The maximum atomic E-state index is 11.5. The van der Waals surface area contributed by atoms with Gasteiger partial charge in [0.15, 0.2) is 11.7 Å². The Labute approximate surface area is 134 Å². The molecule has 108 valence electrons. The van der Waals surface area contributed by atoms with Crippen LogP contribution in [-0.4, -0.2) is 23.5 Å². The second-order valence-electron chi connectivity index (χ2n) is 3.55. The molecule has 0 saturated carbocycles. The van der Waals surface area contributed by atoms with Gasteiger partial charge < -0.3 is 10.1 Å². The molecule has 0 unspecified atom stereocenters. The Morgan fingerprint density at radius 1 is 1.40 bits per heavy atom. The summed E-state index contributed by atoms with van der Waals surface area (Å²) in [6, 6.07) is 4.93. The summed E-state index contributed by atoms with van der Waals surface area (Å²) < 4.78 is 5.92. The fourth-order valence-electron chi connectivity index (χ4n) is 1.09. The standard InChI is InChI=1S/C11H11BrClN3O3S/c1-6(17)14-11(20)16-15-10(18)5-19-9-3-2-7(13)4-8(9)12/h2-4H,5H2,1H3,(H,15,18)(H2,14,16,17,20). The van der Waals surface area contributed by atoms with E-state index >= 15 is 0 Å². The third-order valence-electron chi connectivity index (χ3n) is 1.86. The Kier molecular flexibility index (Phi) is 6.69. The number of ether oxygens (including phenoxy) is 1. The minimum atomic E-state index is -0.459. The van der Waals surface area contributed by atoms with Crippen molar-refractivity contribution < 1.29 is 14.3 Å². The zero-order chi connectivity index (χ0) is 15.1. The van der Waals surface area contributed by atoms with E-state index < -0.39 is 5.91 Å². The third-order valence-corrected chi connectivity index (χ3v) is 2.92. The number of hydrazine groups is 1. The van der Waals surface area contributed by atoms with E-state index in [4.69, 9.17) is 28.6 Å². The van der Waals surface area contributed by atoms with Crippen LogP contribution < -0.4 is 20.9 Å². The maximum Gasteiger partial charge on any atom is 0.276 e. The topological polar surface area (TPSA) is 79.5 Å². The van der Waals surface area contributed by atoms with Gasteiger partial charge >= 0.3 is 0 Å². The Balaban J connectivity index is 2.36. The van der Waals surface area contributed by atoms with E-state index in [2.05, 4.69) is 32.1 Å². The van der Waals surface area contributed by atoms with Crippen molar-refractivity contribution in [3.05, 3.63) is 27.7 Å². The summed E-state index contributed by atoms with van der Waals surface area (Å²) in [4.78, 5) is 22.2. The molecule has 1 rings (SSSR count). The lowest BCUT2D eigenvalue weighted by atomic mass is 10.3. The predicted octanol–water partition coefficient (Wildman–Crippen LogP) is 1.52. The van der Waals surface area contributed by atoms with E-state index in [1.54, 1.807) is 18.2 Å². The van der Waals surface area contributed by atoms with Gasteiger partial charge in [0.05, 0.1) is 4.47 Å². The van der Waals surface area contributed by atoms with E-state index in [0.717, 1.165) is 0 Å². The van der Waals surface area contributed by atoms with Gasteiger partial charge in [0.2, 0.25) is 5.91 Å². The van der Waals surface area contributed by atoms with Crippen LogP contribution in [0.2, 0.25) is 5.02 Å². The lowest BCUT2D eigenvalue weighted by molar-refractivity contribution is -0.124. The lowest BCUT2D eigenvalue weighted by Crippen LogP contribution is -2.49. The molecule has 0 aliphatic heterocycles. The van der Waals surface area contributed by atoms with E-state index in [0.29, 0.717) is 15.2 Å². The van der Waals surface area contributed by atoms with Crippen LogP contribution in [0, 0.1) is 0 Å². The van der Waals surface area contributed by atoms with Crippen molar-refractivity contribution >= 4 is 56.7 Å². The summed E-state index contributed by atoms with van der Waals surface area (Å²) in [5.74, 6) is -0.313. The first kappa shape index (κ1) is 16.7. The van der Waals surface area contributed by atoms with Crippen LogP contribution in [0.4, 0.5) is 0 Å². The number of hydrogen-bond donors (Lipinski definition) is 3. The number of nitrogens with one attached hydrogen (secondary N) is 3. The zero-order valence-electron chi connectivity index (χ0n) is 10.3. The average molecular weight is 381 g/mol. The van der Waals surface area contributed by atoms with Crippen molar-refractivity contribution in [3.63, 3.8) is 0 Å². The summed E-state index contributed by atoms with van der Waals surface area (Å²) in [5.41, 5.74) is 4.64. The number of carbonyl (C=O) groups excluding carboxylic acids is 2. The van der Waals surface area contributed by atoms with Crippen LogP contribution in [-0.2, 0) is 9.59 Å². The molecule has 0 radical (unpaired) electrons. The summed E-state index contributed by atoms with van der Waals surface area (Å²) in [6.07, 6.45) is 0. The predicted molar refractivity (Wildman–Crippen MR) is 82.3 cm³/mol. The first-order chi connectivity index (χ1) is 9.38. The number of rotatable bonds is 3. The highest BCUT2D eigenvalue weighted by atomic mass is 79.9. The molecule has 0 fully saturated rings. The highest BCUT2D eigenvalue weighted by molar-refractivity contribution is 9.10. The summed E-state index contributed by atoms with van der Waals surface area (Å²) in [6.45, 7) is 1.08. The molecule has 1 aromatic carbocycles. The van der Waals surface area contributed by atoms with Crippen LogP contribution in [0.15, 0.2) is 22.7 Å². The van der Waals surface area contributed by atoms with Gasteiger partial charge in [-0.25, -0.2) is 0 Å². The zero-order valence-corrected chi connectivity index (χ0v) is 13.5. The molecule has 0 bridgehead atoms. The van der Waals surface area contributed by atoms with Gasteiger partial charge in [-0.2, -0.15) is 0 Å². The molecular weight excluding hydrogens is 370 g/mol. The van der Waals surface area contributed by atoms with Crippen molar-refractivity contribution in [2.75, 3.05) is 6.61 Å². The average Bonchev–Trinajstić information content (AvgIpc) is 2.34.